The summed E-state index contributed by atoms with van der Waals surface area (Å²) in [6, 6.07) is 22.5. The maximum absolute atomic E-state index is 15.0. The molecule has 436 valence electrons. The highest BCUT2D eigenvalue weighted by Gasteiger charge is 2.51. The number of carbonyl (C=O) groups is 1. The number of benzene rings is 3. The first-order valence-corrected chi connectivity index (χ1v) is 30.9. The molecule has 8 aliphatic rings. The fraction of sp³-hybridized carbons (Fsp3) is 0.492. The van der Waals surface area contributed by atoms with Crippen molar-refractivity contribution in [2.45, 2.75) is 113 Å². The first-order valence-electron chi connectivity index (χ1n) is 29.4. The Balaban J connectivity index is 0.740. The Labute approximate surface area is 482 Å². The number of pyridine rings is 2. The van der Waals surface area contributed by atoms with Gasteiger partial charge < -0.3 is 48.5 Å². The van der Waals surface area contributed by atoms with Gasteiger partial charge in [0.1, 0.15) is 35.5 Å². The number of piperazine rings is 1. The number of hydrogen-bond donors (Lipinski definition) is 3. The highest BCUT2D eigenvalue weighted by atomic mass is 32.2. The van der Waals surface area contributed by atoms with Crippen molar-refractivity contribution in [2.75, 3.05) is 87.5 Å². The standard InChI is InChI=1S/C61H70N10O11S/c1-37(2)81-54-6-4-3-5-43(54)52-34-68(47-14-26-79-53-10-17-62-33-45(47)53)21-22-69(52)41-31-61(32-41)15-19-67(20-16-61)40-7-8-44(49(28-40)70-48-13-25-78-36-56(48)82-60-51(70)27-39-9-18-63-58(39)65-60)59(72)66-83(75,76)42-29-50(71(73)74)57-55(30-42)80-35-46(64-57)38-11-23-77-24-12-38/h3-10,17-18,27-30,33,37-38,41,46-48,52,56,64H,11-16,19-26,31-32,34-36H2,1-2H3,(H,63,65)(H,66,72)/t46-,47+,48-,52-,56-/m0/s1. The van der Waals surface area contributed by atoms with Crippen LogP contribution in [0.2, 0.25) is 0 Å². The van der Waals surface area contributed by atoms with E-state index in [1.165, 1.54) is 11.6 Å². The third-order valence-electron chi connectivity index (χ3n) is 18.8. The minimum Gasteiger partial charge on any atom is -0.493 e. The molecular formula is C61H70N10O11S. The molecule has 5 atom stereocenters. The number of sulfonamides is 1. The minimum absolute atomic E-state index is 0.0242. The Morgan fingerprint density at radius 3 is 2.53 bits per heavy atom. The number of H-pyrrole nitrogens is 1. The van der Waals surface area contributed by atoms with Gasteiger partial charge >= 0.3 is 0 Å². The number of aromatic amines is 1. The van der Waals surface area contributed by atoms with Gasteiger partial charge in [-0.2, -0.15) is 4.98 Å². The van der Waals surface area contributed by atoms with Gasteiger partial charge in [0, 0.05) is 124 Å². The van der Waals surface area contributed by atoms with Crippen LogP contribution in [0.4, 0.5) is 28.4 Å². The Hall–Kier alpha value is -7.24. The van der Waals surface area contributed by atoms with Crippen LogP contribution in [0.15, 0.2) is 96.3 Å². The smallest absolute Gasteiger partial charge is 0.297 e. The lowest BCUT2D eigenvalue weighted by Crippen LogP contribution is -2.60. The third kappa shape index (κ3) is 10.1. The summed E-state index contributed by atoms with van der Waals surface area (Å²) < 4.78 is 68.0. The van der Waals surface area contributed by atoms with E-state index in [9.17, 15) is 23.3 Å². The number of nitro groups is 1. The number of fused-ring (bicyclic) bond motifs is 5. The summed E-state index contributed by atoms with van der Waals surface area (Å²) in [6.45, 7) is 11.3. The van der Waals surface area contributed by atoms with Crippen LogP contribution in [0.5, 0.6) is 23.1 Å². The fourth-order valence-corrected chi connectivity index (χ4v) is 15.6. The van der Waals surface area contributed by atoms with Gasteiger partial charge in [0.2, 0.25) is 5.88 Å². The molecule has 1 saturated carbocycles. The molecule has 7 aliphatic heterocycles. The normalized spacial score (nSPS) is 24.7. The topological polar surface area (TPSA) is 228 Å². The molecule has 0 radical (unpaired) electrons. The zero-order valence-corrected chi connectivity index (χ0v) is 47.6. The number of aromatic nitrogens is 3. The summed E-state index contributed by atoms with van der Waals surface area (Å²) in [5.74, 6) is 1.51. The number of nitro benzene ring substituents is 1. The molecule has 3 N–H and O–H groups in total. The molecule has 0 bridgehead atoms. The molecule has 14 rings (SSSR count). The lowest BCUT2D eigenvalue weighted by atomic mass is 9.59. The second-order valence-electron chi connectivity index (χ2n) is 24.0. The van der Waals surface area contributed by atoms with E-state index in [0.717, 1.165) is 112 Å². The van der Waals surface area contributed by atoms with Gasteiger partial charge in [0.25, 0.3) is 21.6 Å². The number of amides is 1. The lowest BCUT2D eigenvalue weighted by Gasteiger charge is -2.58. The molecule has 83 heavy (non-hydrogen) atoms. The molecule has 1 spiro atoms. The number of nitrogens with zero attached hydrogens (tertiary/aromatic N) is 7. The van der Waals surface area contributed by atoms with Crippen molar-refractivity contribution in [3.63, 3.8) is 0 Å². The Kier molecular flexibility index (Phi) is 14.1. The maximum Gasteiger partial charge on any atom is 0.297 e. The van der Waals surface area contributed by atoms with Gasteiger partial charge in [-0.1, -0.05) is 18.2 Å². The average Bonchev–Trinajstić information content (AvgIpc) is 4.15. The highest BCUT2D eigenvalue weighted by molar-refractivity contribution is 7.90. The molecule has 3 aromatic carbocycles. The second kappa shape index (κ2) is 21.7. The van der Waals surface area contributed by atoms with Crippen LogP contribution in [0.25, 0.3) is 11.0 Å². The van der Waals surface area contributed by atoms with Crippen LogP contribution in [-0.2, 0) is 19.5 Å². The summed E-state index contributed by atoms with van der Waals surface area (Å²) >= 11 is 0. The minimum atomic E-state index is -4.72. The Morgan fingerprint density at radius 2 is 1.70 bits per heavy atom. The average molecular weight is 1150 g/mol. The number of ether oxygens (including phenoxy) is 6. The number of nitrogens with one attached hydrogen (secondary N) is 3. The summed E-state index contributed by atoms with van der Waals surface area (Å²) in [5.41, 5.74) is 4.94. The van der Waals surface area contributed by atoms with Crippen LogP contribution >= 0.6 is 0 Å². The predicted molar refractivity (Wildman–Crippen MR) is 310 cm³/mol. The number of para-hydroxylation sites is 1. The summed E-state index contributed by atoms with van der Waals surface area (Å²) in [4.78, 5) is 48.9. The molecule has 3 aromatic heterocycles. The van der Waals surface area contributed by atoms with Crippen LogP contribution in [0.1, 0.15) is 98.8 Å². The fourth-order valence-electron chi connectivity index (χ4n) is 14.6. The molecule has 1 aliphatic carbocycles. The SMILES string of the molecule is CC(C)Oc1ccccc1[C@@H]1CN([C@@H]2CCOc3ccncc32)CCN1C1CC2(CCN(c3ccc(C(=O)NS(=O)(=O)c4cc5c(c([N+](=O)[O-])c4)N[C@H](C4CCOCC4)CO5)c(N4c5cc6cc[nH]c6nc5O[C@H]5COCC[C@@H]54)c3)CC2)C1. The molecule has 21 nitrogen and oxygen atoms in total. The van der Waals surface area contributed by atoms with Crippen molar-refractivity contribution in [1.82, 2.24) is 29.5 Å². The van der Waals surface area contributed by atoms with Gasteiger partial charge in [0.15, 0.2) is 11.4 Å². The highest BCUT2D eigenvalue weighted by Crippen LogP contribution is 2.55. The van der Waals surface area contributed by atoms with Crippen LogP contribution in [0.3, 0.4) is 0 Å². The first kappa shape index (κ1) is 53.7. The summed E-state index contributed by atoms with van der Waals surface area (Å²) in [7, 11) is -4.72. The quantitative estimate of drug-likeness (QED) is 0.0769. The second-order valence-corrected chi connectivity index (χ2v) is 25.7. The van der Waals surface area contributed by atoms with Crippen LogP contribution < -0.4 is 38.8 Å². The van der Waals surface area contributed by atoms with Crippen LogP contribution in [0, 0.1) is 21.4 Å². The molecular weight excluding hydrogens is 1080 g/mol. The van der Waals surface area contributed by atoms with E-state index < -0.39 is 37.5 Å². The van der Waals surface area contributed by atoms with E-state index in [-0.39, 0.29) is 71.8 Å². The van der Waals surface area contributed by atoms with E-state index >= 15 is 0 Å². The number of carbonyl (C=O) groups excluding carboxylic acids is 1. The van der Waals surface area contributed by atoms with Crippen molar-refractivity contribution in [3.05, 3.63) is 118 Å². The summed E-state index contributed by atoms with van der Waals surface area (Å²) in [5, 5.41) is 16.7. The van der Waals surface area contributed by atoms with Gasteiger partial charge in [-0.25, -0.2) is 13.1 Å². The molecule has 10 heterocycles. The molecule has 6 aromatic rings. The van der Waals surface area contributed by atoms with Crippen molar-refractivity contribution in [3.8, 4) is 23.1 Å². The third-order valence-corrected chi connectivity index (χ3v) is 20.1. The molecule has 4 saturated heterocycles. The maximum atomic E-state index is 15.0. The van der Waals surface area contributed by atoms with E-state index in [1.54, 1.807) is 6.07 Å². The monoisotopic (exact) mass is 1150 g/mol. The Morgan fingerprint density at radius 1 is 0.867 bits per heavy atom. The van der Waals surface area contributed by atoms with Gasteiger partial charge in [-0.3, -0.25) is 29.7 Å². The van der Waals surface area contributed by atoms with E-state index in [1.807, 2.05) is 48.9 Å². The zero-order chi connectivity index (χ0) is 56.6. The predicted octanol–water partition coefficient (Wildman–Crippen LogP) is 8.69. The van der Waals surface area contributed by atoms with Crippen molar-refractivity contribution < 1.29 is 46.6 Å². The van der Waals surface area contributed by atoms with E-state index in [0.29, 0.717) is 61.8 Å². The molecule has 0 unspecified atom stereocenters. The largest absolute Gasteiger partial charge is 0.493 e. The van der Waals surface area contributed by atoms with Crippen molar-refractivity contribution in [2.24, 2.45) is 11.3 Å². The van der Waals surface area contributed by atoms with Gasteiger partial charge in [0.05, 0.1) is 58.5 Å². The lowest BCUT2D eigenvalue weighted by molar-refractivity contribution is -0.384. The van der Waals surface area contributed by atoms with Crippen molar-refractivity contribution in [1.29, 1.82) is 0 Å². The Bertz CT molecular complexity index is 3560. The van der Waals surface area contributed by atoms with Gasteiger partial charge in [-0.05, 0) is 113 Å². The number of anilines is 4. The van der Waals surface area contributed by atoms with E-state index in [4.69, 9.17) is 33.4 Å². The summed E-state index contributed by atoms with van der Waals surface area (Å²) in [6.07, 6.45) is 12.3. The number of hydrogen-bond acceptors (Lipinski definition) is 18. The van der Waals surface area contributed by atoms with Crippen LogP contribution in [-0.4, -0.2) is 147 Å². The van der Waals surface area contributed by atoms with Crippen molar-refractivity contribution >= 4 is 55.4 Å². The number of piperidine rings is 1. The molecule has 22 heteroatoms. The zero-order valence-electron chi connectivity index (χ0n) is 46.7. The first-order chi connectivity index (χ1) is 40.3. The number of rotatable bonds is 12. The molecule has 1 amide bonds. The molecule has 5 fully saturated rings. The van der Waals surface area contributed by atoms with Gasteiger partial charge in [-0.15, -0.1) is 0 Å². The van der Waals surface area contributed by atoms with E-state index in [2.05, 4.69) is 77.7 Å².